The van der Waals surface area contributed by atoms with Crippen LogP contribution in [0.2, 0.25) is 0 Å². The normalized spacial score (nSPS) is 30.5. The number of aliphatic hydroxyl groups is 1. The van der Waals surface area contributed by atoms with Crippen molar-refractivity contribution in [1.29, 1.82) is 0 Å². The van der Waals surface area contributed by atoms with Gasteiger partial charge in [-0.15, -0.1) is 0 Å². The van der Waals surface area contributed by atoms with E-state index in [2.05, 4.69) is 0 Å². The molecule has 1 aliphatic rings. The molecule has 1 aliphatic heterocycles. The largest absolute Gasteiger partial charge is 0.479 e. The molecular weight excluding hydrogens is 286 g/mol. The van der Waals surface area contributed by atoms with E-state index in [1.165, 1.54) is 4.90 Å². The number of aliphatic carboxylic acids is 1. The summed E-state index contributed by atoms with van der Waals surface area (Å²) >= 11 is 0. The summed E-state index contributed by atoms with van der Waals surface area (Å²) < 4.78 is 5.37. The molecule has 1 amide bonds. The van der Waals surface area contributed by atoms with Gasteiger partial charge in [-0.3, -0.25) is 4.90 Å². The summed E-state index contributed by atoms with van der Waals surface area (Å²) in [6.45, 7) is 12.6. The van der Waals surface area contributed by atoms with Crippen LogP contribution in [0, 0.1) is 17.8 Å². The summed E-state index contributed by atoms with van der Waals surface area (Å²) in [6.07, 6.45) is -1.82. The van der Waals surface area contributed by atoms with Gasteiger partial charge in [0.1, 0.15) is 5.60 Å². The van der Waals surface area contributed by atoms with Crippen LogP contribution >= 0.6 is 0 Å². The third kappa shape index (κ3) is 3.07. The maximum Gasteiger partial charge on any atom is 0.411 e. The van der Waals surface area contributed by atoms with Gasteiger partial charge in [0.15, 0.2) is 5.54 Å². The number of nitrogens with zero attached hydrogens (tertiary/aromatic N) is 1. The predicted molar refractivity (Wildman–Crippen MR) is 82.5 cm³/mol. The van der Waals surface area contributed by atoms with Crippen LogP contribution in [0.1, 0.15) is 48.5 Å². The molecule has 0 aromatic rings. The molecule has 6 heteroatoms. The Bertz CT molecular complexity index is 442. The van der Waals surface area contributed by atoms with E-state index in [0.717, 1.165) is 0 Å². The molecule has 128 valence electrons. The fourth-order valence-corrected chi connectivity index (χ4v) is 3.13. The number of carbonyl (C=O) groups excluding carboxylic acids is 1. The number of hydrogen-bond acceptors (Lipinski definition) is 4. The van der Waals surface area contributed by atoms with Gasteiger partial charge in [0.2, 0.25) is 0 Å². The van der Waals surface area contributed by atoms with Gasteiger partial charge in [-0.05, 0) is 32.6 Å². The third-order valence-electron chi connectivity index (χ3n) is 4.56. The Balaban J connectivity index is 3.34. The standard InChI is InChI=1S/C16H29NO5/c1-9(2)11(4)16(13(19)20)12(18)10(3)8-17(16)14(21)22-15(5,6)7/h9-12,18H,8H2,1-7H3,(H,19,20)/t10-,11-,12-,16+/m0/s1. The van der Waals surface area contributed by atoms with Gasteiger partial charge >= 0.3 is 12.1 Å². The molecule has 0 spiro atoms. The van der Waals surface area contributed by atoms with Crippen LogP contribution in [0.15, 0.2) is 0 Å². The van der Waals surface area contributed by atoms with Gasteiger partial charge in [-0.1, -0.05) is 27.7 Å². The lowest BCUT2D eigenvalue weighted by molar-refractivity contribution is -0.161. The first-order chi connectivity index (χ1) is 9.85. The van der Waals surface area contributed by atoms with E-state index < -0.39 is 35.2 Å². The van der Waals surface area contributed by atoms with Gasteiger partial charge in [0.25, 0.3) is 0 Å². The Morgan fingerprint density at radius 3 is 2.14 bits per heavy atom. The predicted octanol–water partition coefficient (Wildman–Crippen LogP) is 2.35. The number of carbonyl (C=O) groups is 2. The van der Waals surface area contributed by atoms with Crippen molar-refractivity contribution in [1.82, 2.24) is 4.90 Å². The van der Waals surface area contributed by atoms with Crippen LogP contribution in [-0.4, -0.2) is 51.0 Å². The molecule has 0 bridgehead atoms. The second-order valence-corrected chi connectivity index (χ2v) is 7.68. The van der Waals surface area contributed by atoms with E-state index in [0.29, 0.717) is 0 Å². The quantitative estimate of drug-likeness (QED) is 0.835. The minimum absolute atomic E-state index is 0.0130. The van der Waals surface area contributed by atoms with Gasteiger partial charge in [0, 0.05) is 12.5 Å². The second kappa shape index (κ2) is 6.07. The molecule has 0 saturated carbocycles. The molecule has 0 aromatic heterocycles. The molecule has 1 saturated heterocycles. The first-order valence-corrected chi connectivity index (χ1v) is 7.77. The maximum absolute atomic E-state index is 12.5. The van der Waals surface area contributed by atoms with E-state index in [-0.39, 0.29) is 18.4 Å². The number of rotatable bonds is 3. The zero-order valence-electron chi connectivity index (χ0n) is 14.6. The number of amides is 1. The SMILES string of the molecule is CC(C)[C@H](C)[C@]1(C(=O)O)[C@@H](O)[C@@H](C)CN1C(=O)OC(C)(C)C. The summed E-state index contributed by atoms with van der Waals surface area (Å²) in [4.78, 5) is 25.8. The Kier molecular flexibility index (Phi) is 5.17. The number of carboxylic acid groups (broad SMARTS) is 1. The highest BCUT2D eigenvalue weighted by Gasteiger charge is 2.63. The first-order valence-electron chi connectivity index (χ1n) is 7.77. The summed E-state index contributed by atoms with van der Waals surface area (Å²) in [7, 11) is 0. The van der Waals surface area contributed by atoms with Crippen molar-refractivity contribution in [2.45, 2.75) is 65.7 Å². The van der Waals surface area contributed by atoms with E-state index in [9.17, 15) is 19.8 Å². The van der Waals surface area contributed by atoms with E-state index >= 15 is 0 Å². The highest BCUT2D eigenvalue weighted by molar-refractivity contribution is 5.86. The highest BCUT2D eigenvalue weighted by atomic mass is 16.6. The monoisotopic (exact) mass is 315 g/mol. The summed E-state index contributed by atoms with van der Waals surface area (Å²) in [6, 6.07) is 0. The summed E-state index contributed by atoms with van der Waals surface area (Å²) in [5.41, 5.74) is -2.38. The topological polar surface area (TPSA) is 87.1 Å². The second-order valence-electron chi connectivity index (χ2n) is 7.68. The van der Waals surface area contributed by atoms with Crippen LogP contribution in [0.3, 0.4) is 0 Å². The van der Waals surface area contributed by atoms with Crippen LogP contribution in [0.25, 0.3) is 0 Å². The lowest BCUT2D eigenvalue weighted by Gasteiger charge is -2.43. The number of aliphatic hydroxyl groups excluding tert-OH is 1. The molecule has 1 rings (SSSR count). The Labute approximate surface area is 132 Å². The van der Waals surface area contributed by atoms with Crippen molar-refractivity contribution in [2.24, 2.45) is 17.8 Å². The Morgan fingerprint density at radius 1 is 1.27 bits per heavy atom. The van der Waals surface area contributed by atoms with Crippen LogP contribution in [0.5, 0.6) is 0 Å². The Morgan fingerprint density at radius 2 is 1.77 bits per heavy atom. The fourth-order valence-electron chi connectivity index (χ4n) is 3.13. The van der Waals surface area contributed by atoms with Gasteiger partial charge in [0.05, 0.1) is 6.10 Å². The molecule has 0 aromatic carbocycles. The van der Waals surface area contributed by atoms with Crippen molar-refractivity contribution in [3.63, 3.8) is 0 Å². The number of carboxylic acids is 1. The smallest absolute Gasteiger partial charge is 0.411 e. The minimum atomic E-state index is -1.66. The van der Waals surface area contributed by atoms with E-state index in [1.54, 1.807) is 34.6 Å². The van der Waals surface area contributed by atoms with Crippen molar-refractivity contribution < 1.29 is 24.5 Å². The molecule has 6 nitrogen and oxygen atoms in total. The van der Waals surface area contributed by atoms with Gasteiger partial charge in [-0.2, -0.15) is 0 Å². The van der Waals surface area contributed by atoms with Crippen molar-refractivity contribution >= 4 is 12.1 Å². The molecular formula is C16H29NO5. The molecule has 0 aliphatic carbocycles. The molecule has 1 heterocycles. The summed E-state index contributed by atoms with van der Waals surface area (Å²) in [5.74, 6) is -1.94. The lowest BCUT2D eigenvalue weighted by atomic mass is 9.73. The fraction of sp³-hybridized carbons (Fsp3) is 0.875. The van der Waals surface area contributed by atoms with Crippen LogP contribution < -0.4 is 0 Å². The maximum atomic E-state index is 12.5. The molecule has 1 fully saturated rings. The van der Waals surface area contributed by atoms with E-state index in [4.69, 9.17) is 4.74 Å². The zero-order chi connectivity index (χ0) is 17.5. The highest BCUT2D eigenvalue weighted by Crippen LogP contribution is 2.43. The number of ether oxygens (including phenoxy) is 1. The number of hydrogen-bond donors (Lipinski definition) is 2. The third-order valence-corrected chi connectivity index (χ3v) is 4.56. The molecule has 0 radical (unpaired) electrons. The Hall–Kier alpha value is -1.30. The zero-order valence-corrected chi connectivity index (χ0v) is 14.6. The van der Waals surface area contributed by atoms with Crippen molar-refractivity contribution in [3.8, 4) is 0 Å². The van der Waals surface area contributed by atoms with E-state index in [1.807, 2.05) is 13.8 Å². The first kappa shape index (κ1) is 18.7. The molecule has 2 N–H and O–H groups in total. The average Bonchev–Trinajstić information content (AvgIpc) is 2.60. The van der Waals surface area contributed by atoms with Crippen LogP contribution in [0.4, 0.5) is 4.79 Å². The van der Waals surface area contributed by atoms with Crippen LogP contribution in [-0.2, 0) is 9.53 Å². The van der Waals surface area contributed by atoms with Gasteiger partial charge < -0.3 is 14.9 Å². The van der Waals surface area contributed by atoms with Crippen molar-refractivity contribution in [3.05, 3.63) is 0 Å². The molecule has 22 heavy (non-hydrogen) atoms. The molecule has 4 atom stereocenters. The van der Waals surface area contributed by atoms with Gasteiger partial charge in [-0.25, -0.2) is 9.59 Å². The summed E-state index contributed by atoms with van der Waals surface area (Å²) in [5, 5.41) is 20.5. The number of likely N-dealkylation sites (tertiary alicyclic amines) is 1. The lowest BCUT2D eigenvalue weighted by Crippen LogP contribution is -2.64. The van der Waals surface area contributed by atoms with Crippen molar-refractivity contribution in [2.75, 3.05) is 6.54 Å². The minimum Gasteiger partial charge on any atom is -0.479 e. The molecule has 0 unspecified atom stereocenters. The average molecular weight is 315 g/mol.